The molecule has 1 aromatic carbocycles. The Kier molecular flexibility index (Phi) is 4.92. The number of nitriles is 1. The number of rotatable bonds is 4. The van der Waals surface area contributed by atoms with Crippen LogP contribution in [-0.4, -0.2) is 11.4 Å². The number of halogens is 1. The minimum absolute atomic E-state index is 0.212. The Morgan fingerprint density at radius 3 is 2.56 bits per heavy atom. The fourth-order valence-electron chi connectivity index (χ4n) is 1.72. The molecule has 1 rings (SSSR count). The lowest BCUT2D eigenvalue weighted by Crippen LogP contribution is -2.46. The summed E-state index contributed by atoms with van der Waals surface area (Å²) < 4.78 is 0.779. The summed E-state index contributed by atoms with van der Waals surface area (Å²) in [6, 6.07) is 7.72. The maximum atomic E-state index is 12.2. The van der Waals surface area contributed by atoms with E-state index in [1.807, 2.05) is 32.9 Å². The number of benzene rings is 1. The average molecular weight is 309 g/mol. The van der Waals surface area contributed by atoms with Crippen molar-refractivity contribution in [1.82, 2.24) is 5.32 Å². The normalized spacial score (nSPS) is 10.8. The minimum Gasteiger partial charge on any atom is -0.334 e. The summed E-state index contributed by atoms with van der Waals surface area (Å²) in [4.78, 5) is 12.2. The summed E-state index contributed by atoms with van der Waals surface area (Å²) in [6.45, 7) is 5.73. The van der Waals surface area contributed by atoms with Crippen LogP contribution in [0.3, 0.4) is 0 Å². The first-order valence-electron chi connectivity index (χ1n) is 5.98. The highest BCUT2D eigenvalue weighted by Crippen LogP contribution is 2.22. The Labute approximate surface area is 116 Å². The van der Waals surface area contributed by atoms with E-state index in [1.54, 1.807) is 6.07 Å². The topological polar surface area (TPSA) is 52.9 Å². The first-order valence-corrected chi connectivity index (χ1v) is 6.78. The Balaban J connectivity index is 3.03. The molecule has 0 radical (unpaired) electrons. The second-order valence-corrected chi connectivity index (χ2v) is 5.08. The molecule has 4 heteroatoms. The van der Waals surface area contributed by atoms with Crippen LogP contribution in [0.1, 0.15) is 42.6 Å². The van der Waals surface area contributed by atoms with E-state index < -0.39 is 5.54 Å². The second kappa shape index (κ2) is 6.01. The molecule has 0 unspecified atom stereocenters. The van der Waals surface area contributed by atoms with Crippen molar-refractivity contribution in [1.29, 1.82) is 5.26 Å². The predicted molar refractivity (Wildman–Crippen MR) is 75.3 cm³/mol. The molecule has 0 aliphatic carbocycles. The van der Waals surface area contributed by atoms with Gasteiger partial charge in [-0.05, 0) is 47.3 Å². The molecular weight excluding hydrogens is 292 g/mol. The lowest BCUT2D eigenvalue weighted by Gasteiger charge is -2.25. The molecule has 0 aliphatic rings. The van der Waals surface area contributed by atoms with Gasteiger partial charge in [-0.2, -0.15) is 5.26 Å². The monoisotopic (exact) mass is 308 g/mol. The van der Waals surface area contributed by atoms with Crippen molar-refractivity contribution in [2.45, 2.75) is 39.2 Å². The Hall–Kier alpha value is -1.34. The third-order valence-corrected chi connectivity index (χ3v) is 4.26. The third-order valence-electron chi connectivity index (χ3n) is 3.21. The van der Waals surface area contributed by atoms with Gasteiger partial charge < -0.3 is 5.32 Å². The second-order valence-electron chi connectivity index (χ2n) is 4.29. The van der Waals surface area contributed by atoms with Crippen LogP contribution in [0.4, 0.5) is 0 Å². The molecule has 1 N–H and O–H groups in total. The van der Waals surface area contributed by atoms with E-state index in [9.17, 15) is 10.1 Å². The van der Waals surface area contributed by atoms with E-state index in [-0.39, 0.29) is 5.91 Å². The van der Waals surface area contributed by atoms with Gasteiger partial charge >= 0.3 is 0 Å². The number of hydrogen-bond donors (Lipinski definition) is 1. The van der Waals surface area contributed by atoms with E-state index in [4.69, 9.17) is 0 Å². The average Bonchev–Trinajstić information content (AvgIpc) is 2.39. The first kappa shape index (κ1) is 14.7. The van der Waals surface area contributed by atoms with Gasteiger partial charge in [0.1, 0.15) is 5.54 Å². The summed E-state index contributed by atoms with van der Waals surface area (Å²) >= 11 is 3.41. The highest BCUT2D eigenvalue weighted by atomic mass is 79.9. The van der Waals surface area contributed by atoms with Gasteiger partial charge in [0.2, 0.25) is 0 Å². The van der Waals surface area contributed by atoms with Gasteiger partial charge in [0, 0.05) is 4.47 Å². The maximum absolute atomic E-state index is 12.2. The number of nitrogens with one attached hydrogen (secondary N) is 1. The van der Waals surface area contributed by atoms with Gasteiger partial charge in [0.05, 0.1) is 11.6 Å². The lowest BCUT2D eigenvalue weighted by molar-refractivity contribution is 0.0914. The molecule has 0 spiro atoms. The highest BCUT2D eigenvalue weighted by Gasteiger charge is 2.28. The van der Waals surface area contributed by atoms with Crippen molar-refractivity contribution in [3.8, 4) is 6.07 Å². The molecule has 1 aromatic rings. The summed E-state index contributed by atoms with van der Waals surface area (Å²) in [6.07, 6.45) is 1.18. The lowest BCUT2D eigenvalue weighted by atomic mass is 9.94. The predicted octanol–water partition coefficient (Wildman–Crippen LogP) is 3.57. The van der Waals surface area contributed by atoms with Crippen molar-refractivity contribution >= 4 is 21.8 Å². The molecule has 0 saturated carbocycles. The zero-order valence-electron chi connectivity index (χ0n) is 10.9. The zero-order valence-corrected chi connectivity index (χ0v) is 12.5. The number of amides is 1. The SMILES string of the molecule is CCC(C#N)(CC)NC(=O)c1cccc(C)c1Br. The van der Waals surface area contributed by atoms with E-state index in [0.717, 1.165) is 10.0 Å². The van der Waals surface area contributed by atoms with Crippen LogP contribution >= 0.6 is 15.9 Å². The molecule has 18 heavy (non-hydrogen) atoms. The largest absolute Gasteiger partial charge is 0.334 e. The van der Waals surface area contributed by atoms with Crippen LogP contribution in [-0.2, 0) is 0 Å². The standard InChI is InChI=1S/C14H17BrN2O/c1-4-14(5-2,9-16)17-13(18)11-8-6-7-10(3)12(11)15/h6-8H,4-5H2,1-3H3,(H,17,18). The number of aryl methyl sites for hydroxylation is 1. The number of hydrogen-bond acceptors (Lipinski definition) is 2. The van der Waals surface area contributed by atoms with Crippen molar-refractivity contribution in [3.05, 3.63) is 33.8 Å². The zero-order chi connectivity index (χ0) is 13.8. The summed E-state index contributed by atoms with van der Waals surface area (Å²) in [5.74, 6) is -0.212. The molecule has 0 aliphatic heterocycles. The highest BCUT2D eigenvalue weighted by molar-refractivity contribution is 9.10. The Bertz CT molecular complexity index is 487. The first-order chi connectivity index (χ1) is 8.49. The Morgan fingerprint density at radius 2 is 2.06 bits per heavy atom. The van der Waals surface area contributed by atoms with Crippen LogP contribution < -0.4 is 5.32 Å². The fourth-order valence-corrected chi connectivity index (χ4v) is 2.16. The van der Waals surface area contributed by atoms with Crippen LogP contribution in [0.15, 0.2) is 22.7 Å². The van der Waals surface area contributed by atoms with Crippen LogP contribution in [0.25, 0.3) is 0 Å². The number of carbonyl (C=O) groups excluding carboxylic acids is 1. The fraction of sp³-hybridized carbons (Fsp3) is 0.429. The van der Waals surface area contributed by atoms with E-state index >= 15 is 0 Å². The number of nitrogens with zero attached hydrogens (tertiary/aromatic N) is 1. The van der Waals surface area contributed by atoms with Crippen LogP contribution in [0.2, 0.25) is 0 Å². The summed E-state index contributed by atoms with van der Waals surface area (Å²) in [5, 5.41) is 12.1. The van der Waals surface area contributed by atoms with Gasteiger partial charge in [0.25, 0.3) is 5.91 Å². The molecule has 0 heterocycles. The van der Waals surface area contributed by atoms with E-state index in [2.05, 4.69) is 27.3 Å². The van der Waals surface area contributed by atoms with Gasteiger partial charge in [-0.15, -0.1) is 0 Å². The van der Waals surface area contributed by atoms with Gasteiger partial charge in [-0.3, -0.25) is 4.79 Å². The van der Waals surface area contributed by atoms with Crippen LogP contribution in [0.5, 0.6) is 0 Å². The molecule has 96 valence electrons. The van der Waals surface area contributed by atoms with Crippen molar-refractivity contribution in [2.75, 3.05) is 0 Å². The van der Waals surface area contributed by atoms with Gasteiger partial charge in [-0.1, -0.05) is 26.0 Å². The summed E-state index contributed by atoms with van der Waals surface area (Å²) in [5.41, 5.74) is 0.787. The smallest absolute Gasteiger partial charge is 0.253 e. The van der Waals surface area contributed by atoms with Gasteiger partial charge in [-0.25, -0.2) is 0 Å². The van der Waals surface area contributed by atoms with Crippen molar-refractivity contribution in [2.24, 2.45) is 0 Å². The third kappa shape index (κ3) is 2.91. The molecule has 0 bridgehead atoms. The molecule has 0 aromatic heterocycles. The molecule has 3 nitrogen and oxygen atoms in total. The molecule has 0 atom stereocenters. The van der Waals surface area contributed by atoms with Crippen LogP contribution in [0, 0.1) is 18.3 Å². The maximum Gasteiger partial charge on any atom is 0.253 e. The van der Waals surface area contributed by atoms with Gasteiger partial charge in [0.15, 0.2) is 0 Å². The van der Waals surface area contributed by atoms with Crippen molar-refractivity contribution < 1.29 is 4.79 Å². The molecular formula is C14H17BrN2O. The summed E-state index contributed by atoms with van der Waals surface area (Å²) in [7, 11) is 0. The molecule has 0 saturated heterocycles. The quantitative estimate of drug-likeness (QED) is 0.924. The number of carbonyl (C=O) groups is 1. The minimum atomic E-state index is -0.778. The van der Waals surface area contributed by atoms with E-state index in [0.29, 0.717) is 18.4 Å². The van der Waals surface area contributed by atoms with E-state index in [1.165, 1.54) is 0 Å². The Morgan fingerprint density at radius 1 is 1.44 bits per heavy atom. The molecule has 0 fully saturated rings. The van der Waals surface area contributed by atoms with Crippen molar-refractivity contribution in [3.63, 3.8) is 0 Å². The molecule has 1 amide bonds.